The Bertz CT molecular complexity index is 890. The molecule has 1 aromatic carbocycles. The van der Waals surface area contributed by atoms with Gasteiger partial charge >= 0.3 is 6.18 Å². The van der Waals surface area contributed by atoms with Crippen molar-refractivity contribution in [1.82, 2.24) is 15.2 Å². The lowest BCUT2D eigenvalue weighted by atomic mass is 9.90. The van der Waals surface area contributed by atoms with Crippen LogP contribution in [0.1, 0.15) is 40.7 Å². The second-order valence-corrected chi connectivity index (χ2v) is 7.70. The SMILES string of the molecule is Nc1ccc(C(=O)NCCC(=O)N2CCC(Cc3ccc(C(F)(F)F)cc3)CC2)cn1. The van der Waals surface area contributed by atoms with E-state index >= 15 is 0 Å². The van der Waals surface area contributed by atoms with Gasteiger partial charge in [-0.25, -0.2) is 4.98 Å². The van der Waals surface area contributed by atoms with E-state index in [2.05, 4.69) is 10.3 Å². The van der Waals surface area contributed by atoms with Gasteiger partial charge in [0.05, 0.1) is 11.1 Å². The summed E-state index contributed by atoms with van der Waals surface area (Å²) in [5.74, 6) is 0.325. The molecule has 0 radical (unpaired) electrons. The van der Waals surface area contributed by atoms with Crippen molar-refractivity contribution in [2.24, 2.45) is 5.92 Å². The van der Waals surface area contributed by atoms with Crippen LogP contribution in [0, 0.1) is 5.92 Å². The van der Waals surface area contributed by atoms with Gasteiger partial charge in [0.2, 0.25) is 5.91 Å². The number of rotatable bonds is 6. The van der Waals surface area contributed by atoms with Crippen molar-refractivity contribution < 1.29 is 22.8 Å². The minimum Gasteiger partial charge on any atom is -0.384 e. The van der Waals surface area contributed by atoms with Crippen molar-refractivity contribution >= 4 is 17.6 Å². The zero-order valence-electron chi connectivity index (χ0n) is 17.0. The van der Waals surface area contributed by atoms with Gasteiger partial charge in [0.1, 0.15) is 5.82 Å². The highest BCUT2D eigenvalue weighted by Crippen LogP contribution is 2.30. The van der Waals surface area contributed by atoms with E-state index in [0.717, 1.165) is 30.5 Å². The summed E-state index contributed by atoms with van der Waals surface area (Å²) in [5, 5.41) is 2.70. The lowest BCUT2D eigenvalue weighted by Gasteiger charge is -2.32. The molecule has 1 aromatic heterocycles. The van der Waals surface area contributed by atoms with E-state index in [1.165, 1.54) is 24.4 Å². The maximum atomic E-state index is 12.7. The third-order valence-electron chi connectivity index (χ3n) is 5.45. The number of carbonyl (C=O) groups excluding carboxylic acids is 2. The molecule has 0 spiro atoms. The highest BCUT2D eigenvalue weighted by atomic mass is 19.4. The highest BCUT2D eigenvalue weighted by Gasteiger charge is 2.30. The number of piperidine rings is 1. The summed E-state index contributed by atoms with van der Waals surface area (Å²) in [4.78, 5) is 30.1. The molecular formula is C22H25F3N4O2. The van der Waals surface area contributed by atoms with Gasteiger partial charge in [-0.15, -0.1) is 0 Å². The largest absolute Gasteiger partial charge is 0.416 e. The fourth-order valence-corrected chi connectivity index (χ4v) is 3.63. The number of nitrogen functional groups attached to an aromatic ring is 1. The summed E-state index contributed by atoms with van der Waals surface area (Å²) in [6, 6.07) is 8.39. The molecule has 6 nitrogen and oxygen atoms in total. The molecule has 0 saturated carbocycles. The lowest BCUT2D eigenvalue weighted by molar-refractivity contribution is -0.137. The van der Waals surface area contributed by atoms with Crippen molar-refractivity contribution in [3.63, 3.8) is 0 Å². The van der Waals surface area contributed by atoms with Gasteiger partial charge in [0.15, 0.2) is 0 Å². The first-order valence-electron chi connectivity index (χ1n) is 10.2. The van der Waals surface area contributed by atoms with E-state index in [-0.39, 0.29) is 24.8 Å². The molecule has 0 bridgehead atoms. The van der Waals surface area contributed by atoms with Crippen LogP contribution in [0.2, 0.25) is 0 Å². The molecule has 2 aromatic rings. The Morgan fingerprint density at radius 3 is 2.35 bits per heavy atom. The molecule has 31 heavy (non-hydrogen) atoms. The molecule has 0 unspecified atom stereocenters. The van der Waals surface area contributed by atoms with Crippen LogP contribution in [0.15, 0.2) is 42.6 Å². The number of nitrogens with one attached hydrogen (secondary N) is 1. The molecule has 0 aliphatic carbocycles. The average Bonchev–Trinajstić information content (AvgIpc) is 2.74. The van der Waals surface area contributed by atoms with Crippen LogP contribution in [0.25, 0.3) is 0 Å². The van der Waals surface area contributed by atoms with Gasteiger partial charge in [0, 0.05) is 32.3 Å². The van der Waals surface area contributed by atoms with Crippen LogP contribution in [-0.2, 0) is 17.4 Å². The van der Waals surface area contributed by atoms with Crippen LogP contribution in [-0.4, -0.2) is 41.3 Å². The molecular weight excluding hydrogens is 409 g/mol. The van der Waals surface area contributed by atoms with E-state index in [1.807, 2.05) is 0 Å². The van der Waals surface area contributed by atoms with Gasteiger partial charge in [-0.2, -0.15) is 13.2 Å². The van der Waals surface area contributed by atoms with Crippen molar-refractivity contribution in [3.05, 3.63) is 59.3 Å². The van der Waals surface area contributed by atoms with Gasteiger partial charge in [-0.3, -0.25) is 9.59 Å². The van der Waals surface area contributed by atoms with E-state index in [9.17, 15) is 22.8 Å². The van der Waals surface area contributed by atoms with Crippen LogP contribution >= 0.6 is 0 Å². The normalized spacial score (nSPS) is 15.0. The Kier molecular flexibility index (Phi) is 7.14. The Morgan fingerprint density at radius 1 is 1.10 bits per heavy atom. The second-order valence-electron chi connectivity index (χ2n) is 7.70. The van der Waals surface area contributed by atoms with Crippen LogP contribution in [0.5, 0.6) is 0 Å². The van der Waals surface area contributed by atoms with Crippen molar-refractivity contribution in [3.8, 4) is 0 Å². The number of nitrogens with two attached hydrogens (primary N) is 1. The molecule has 3 N–H and O–H groups in total. The highest BCUT2D eigenvalue weighted by molar-refractivity contribution is 5.94. The number of alkyl halides is 3. The van der Waals surface area contributed by atoms with Gasteiger partial charge < -0.3 is 16.0 Å². The number of hydrogen-bond donors (Lipinski definition) is 2. The quantitative estimate of drug-likeness (QED) is 0.730. The monoisotopic (exact) mass is 434 g/mol. The first-order valence-corrected chi connectivity index (χ1v) is 10.2. The van der Waals surface area contributed by atoms with Crippen molar-refractivity contribution in [2.75, 3.05) is 25.4 Å². The zero-order chi connectivity index (χ0) is 22.4. The number of pyridine rings is 1. The van der Waals surface area contributed by atoms with Crippen molar-refractivity contribution in [2.45, 2.75) is 31.9 Å². The molecule has 166 valence electrons. The van der Waals surface area contributed by atoms with E-state index < -0.39 is 11.7 Å². The number of anilines is 1. The number of benzene rings is 1. The molecule has 9 heteroatoms. The minimum absolute atomic E-state index is 0.0243. The lowest BCUT2D eigenvalue weighted by Crippen LogP contribution is -2.40. The number of likely N-dealkylation sites (tertiary alicyclic amines) is 1. The van der Waals surface area contributed by atoms with E-state index in [0.29, 0.717) is 36.8 Å². The Balaban J connectivity index is 1.38. The number of halogens is 3. The molecule has 1 aliphatic heterocycles. The average molecular weight is 434 g/mol. The second kappa shape index (κ2) is 9.80. The number of aromatic nitrogens is 1. The zero-order valence-corrected chi connectivity index (χ0v) is 17.0. The standard InChI is InChI=1S/C22H25F3N4O2/c23-22(24,25)18-4-1-15(2-5-18)13-16-8-11-29(12-9-16)20(30)7-10-27-21(31)17-3-6-19(26)28-14-17/h1-6,14,16H,7-13H2,(H2,26,28)(H,27,31). The van der Waals surface area contributed by atoms with Gasteiger partial charge in [0.25, 0.3) is 5.91 Å². The predicted molar refractivity (Wildman–Crippen MR) is 110 cm³/mol. The third-order valence-corrected chi connectivity index (χ3v) is 5.45. The minimum atomic E-state index is -4.32. The van der Waals surface area contributed by atoms with Gasteiger partial charge in [-0.05, 0) is 55.0 Å². The summed E-state index contributed by atoms with van der Waals surface area (Å²) in [5.41, 5.74) is 6.10. The predicted octanol–water partition coefficient (Wildman–Crippen LogP) is 3.28. The molecule has 3 rings (SSSR count). The first-order chi connectivity index (χ1) is 14.7. The van der Waals surface area contributed by atoms with Crippen LogP contribution in [0.3, 0.4) is 0 Å². The summed E-state index contributed by atoms with van der Waals surface area (Å²) >= 11 is 0. The Labute approximate surface area is 178 Å². The number of hydrogen-bond acceptors (Lipinski definition) is 4. The number of carbonyl (C=O) groups is 2. The Morgan fingerprint density at radius 2 is 1.77 bits per heavy atom. The maximum absolute atomic E-state index is 12.7. The molecule has 2 amide bonds. The molecule has 1 saturated heterocycles. The fourth-order valence-electron chi connectivity index (χ4n) is 3.63. The topological polar surface area (TPSA) is 88.3 Å². The summed E-state index contributed by atoms with van der Waals surface area (Å²) in [6.45, 7) is 1.45. The van der Waals surface area contributed by atoms with Crippen LogP contribution in [0.4, 0.5) is 19.0 Å². The smallest absolute Gasteiger partial charge is 0.384 e. The summed E-state index contributed by atoms with van der Waals surface area (Å²) in [7, 11) is 0. The summed E-state index contributed by atoms with van der Waals surface area (Å²) in [6.07, 6.45) is -0.431. The van der Waals surface area contributed by atoms with Gasteiger partial charge in [-0.1, -0.05) is 12.1 Å². The molecule has 0 atom stereocenters. The first kappa shape index (κ1) is 22.6. The molecule has 1 fully saturated rings. The van der Waals surface area contributed by atoms with E-state index in [4.69, 9.17) is 5.73 Å². The molecule has 1 aliphatic rings. The van der Waals surface area contributed by atoms with Crippen molar-refractivity contribution in [1.29, 1.82) is 0 Å². The fraction of sp³-hybridized carbons (Fsp3) is 0.409. The van der Waals surface area contributed by atoms with E-state index in [1.54, 1.807) is 11.0 Å². The number of amides is 2. The summed E-state index contributed by atoms with van der Waals surface area (Å²) < 4.78 is 38.0. The maximum Gasteiger partial charge on any atom is 0.416 e. The molecule has 2 heterocycles. The Hall–Kier alpha value is -3.10. The third kappa shape index (κ3) is 6.44. The number of nitrogens with zero attached hydrogens (tertiary/aromatic N) is 2. The van der Waals surface area contributed by atoms with Crippen LogP contribution < -0.4 is 11.1 Å².